The molecule has 0 saturated carbocycles. The summed E-state index contributed by atoms with van der Waals surface area (Å²) in [6.45, 7) is -0.256. The number of aromatic nitrogens is 4. The number of halogens is 1. The molecule has 4 N–H and O–H groups in total. The third-order valence-electron chi connectivity index (χ3n) is 3.34. The van der Waals surface area contributed by atoms with Gasteiger partial charge >= 0.3 is 0 Å². The van der Waals surface area contributed by atoms with Gasteiger partial charge in [0.25, 0.3) is 0 Å². The van der Waals surface area contributed by atoms with Gasteiger partial charge in [-0.1, -0.05) is 0 Å². The van der Waals surface area contributed by atoms with E-state index in [9.17, 15) is 5.11 Å². The highest BCUT2D eigenvalue weighted by atomic mass is 127. The number of rotatable bonds is 3. The van der Waals surface area contributed by atoms with Gasteiger partial charge in [0.15, 0.2) is 11.9 Å². The molecule has 21 heavy (non-hydrogen) atoms. The van der Waals surface area contributed by atoms with Crippen LogP contribution < -0.4 is 10.5 Å². The van der Waals surface area contributed by atoms with Crippen LogP contribution in [0.5, 0.6) is 5.88 Å². The quantitative estimate of drug-likeness (QED) is 0.590. The van der Waals surface area contributed by atoms with Crippen molar-refractivity contribution in [3.63, 3.8) is 0 Å². The molecule has 0 amide bonds. The van der Waals surface area contributed by atoms with Crippen LogP contribution >= 0.6 is 22.6 Å². The highest BCUT2D eigenvalue weighted by molar-refractivity contribution is 14.1. The van der Waals surface area contributed by atoms with Crippen molar-refractivity contribution in [3.05, 3.63) is 3.70 Å². The Bertz CT molecular complexity index is 678. The molecule has 3 heterocycles. The van der Waals surface area contributed by atoms with Gasteiger partial charge in [0.2, 0.25) is 11.8 Å². The van der Waals surface area contributed by atoms with Crippen molar-refractivity contribution in [1.82, 2.24) is 19.7 Å². The molecule has 0 radical (unpaired) electrons. The Hall–Kier alpha value is -1.24. The largest absolute Gasteiger partial charge is 0.480 e. The minimum absolute atomic E-state index is 0.0640. The fraction of sp³-hybridized carbons (Fsp3) is 0.545. The van der Waals surface area contributed by atoms with E-state index in [1.807, 2.05) is 22.6 Å². The SMILES string of the molecule is COc1nc(N)nc2c1c(I)nn2[C@@H]1C[C@H](O)[C@@H](CO)O1. The third-order valence-corrected chi connectivity index (χ3v) is 4.10. The van der Waals surface area contributed by atoms with E-state index in [0.29, 0.717) is 27.0 Å². The zero-order valence-corrected chi connectivity index (χ0v) is 13.3. The van der Waals surface area contributed by atoms with E-state index in [4.69, 9.17) is 20.3 Å². The van der Waals surface area contributed by atoms with Crippen LogP contribution in [-0.4, -0.2) is 55.9 Å². The standard InChI is InChI=1S/C11H14IN5O4/c1-20-10-7-8(12)16-17(9(7)14-11(13)15-10)6-2-4(19)5(3-18)21-6/h4-6,18-19H,2-3H2,1H3,(H2,13,14,15)/t4-,5+,6-/m0/s1. The molecule has 9 nitrogen and oxygen atoms in total. The molecule has 1 fully saturated rings. The monoisotopic (exact) mass is 407 g/mol. The summed E-state index contributed by atoms with van der Waals surface area (Å²) in [6, 6.07) is 0. The summed E-state index contributed by atoms with van der Waals surface area (Å²) in [6.07, 6.45) is -1.60. The summed E-state index contributed by atoms with van der Waals surface area (Å²) in [7, 11) is 1.49. The minimum Gasteiger partial charge on any atom is -0.480 e. The molecule has 3 atom stereocenters. The lowest BCUT2D eigenvalue weighted by atomic mass is 10.2. The van der Waals surface area contributed by atoms with Crippen LogP contribution in [0.4, 0.5) is 5.95 Å². The van der Waals surface area contributed by atoms with Crippen molar-refractivity contribution < 1.29 is 19.7 Å². The van der Waals surface area contributed by atoms with E-state index in [1.165, 1.54) is 11.8 Å². The van der Waals surface area contributed by atoms with E-state index in [-0.39, 0.29) is 12.6 Å². The molecule has 10 heteroatoms. The van der Waals surface area contributed by atoms with Gasteiger partial charge in [-0.15, -0.1) is 0 Å². The van der Waals surface area contributed by atoms with Crippen LogP contribution in [0.2, 0.25) is 0 Å². The second-order valence-electron chi connectivity index (χ2n) is 4.64. The van der Waals surface area contributed by atoms with Crippen molar-refractivity contribution in [1.29, 1.82) is 0 Å². The number of aliphatic hydroxyl groups excluding tert-OH is 2. The molecule has 0 spiro atoms. The summed E-state index contributed by atoms with van der Waals surface area (Å²) in [5.41, 5.74) is 6.15. The average molecular weight is 407 g/mol. The molecule has 1 aliphatic rings. The molecular weight excluding hydrogens is 393 g/mol. The van der Waals surface area contributed by atoms with Gasteiger partial charge in [-0.3, -0.25) is 0 Å². The minimum atomic E-state index is -0.752. The Morgan fingerprint density at radius 1 is 1.52 bits per heavy atom. The van der Waals surface area contributed by atoms with E-state index in [2.05, 4.69) is 15.1 Å². The Balaban J connectivity index is 2.10. The number of nitrogen functional groups attached to an aromatic ring is 1. The number of aliphatic hydroxyl groups is 2. The second-order valence-corrected chi connectivity index (χ2v) is 5.66. The van der Waals surface area contributed by atoms with Crippen LogP contribution in [0, 0.1) is 3.70 Å². The molecule has 114 valence electrons. The number of ether oxygens (including phenoxy) is 2. The van der Waals surface area contributed by atoms with Crippen molar-refractivity contribution >= 4 is 39.6 Å². The number of hydrogen-bond acceptors (Lipinski definition) is 8. The first-order valence-corrected chi connectivity index (χ1v) is 7.32. The van der Waals surface area contributed by atoms with E-state index >= 15 is 0 Å². The van der Waals surface area contributed by atoms with Gasteiger partial charge in [0.1, 0.15) is 15.2 Å². The third kappa shape index (κ3) is 2.41. The van der Waals surface area contributed by atoms with Crippen LogP contribution in [0.15, 0.2) is 0 Å². The maximum atomic E-state index is 9.84. The number of nitrogens with zero attached hydrogens (tertiary/aromatic N) is 4. The Morgan fingerprint density at radius 3 is 2.90 bits per heavy atom. The number of methoxy groups -OCH3 is 1. The lowest BCUT2D eigenvalue weighted by molar-refractivity contribution is -0.0471. The molecule has 0 aliphatic carbocycles. The number of hydrogen-bond donors (Lipinski definition) is 3. The Morgan fingerprint density at radius 2 is 2.29 bits per heavy atom. The maximum absolute atomic E-state index is 9.84. The number of anilines is 1. The highest BCUT2D eigenvalue weighted by Gasteiger charge is 2.36. The molecule has 2 aromatic rings. The summed E-state index contributed by atoms with van der Waals surface area (Å²) in [5.74, 6) is 0.402. The highest BCUT2D eigenvalue weighted by Crippen LogP contribution is 2.34. The zero-order chi connectivity index (χ0) is 15.1. The van der Waals surface area contributed by atoms with Crippen LogP contribution in [0.3, 0.4) is 0 Å². The normalized spacial score (nSPS) is 25.6. The van der Waals surface area contributed by atoms with Gasteiger partial charge < -0.3 is 25.4 Å². The van der Waals surface area contributed by atoms with Crippen molar-refractivity contribution in [3.8, 4) is 5.88 Å². The lowest BCUT2D eigenvalue weighted by Gasteiger charge is -2.13. The first-order chi connectivity index (χ1) is 10.0. The molecule has 1 saturated heterocycles. The van der Waals surface area contributed by atoms with Gasteiger partial charge in [-0.2, -0.15) is 15.1 Å². The van der Waals surface area contributed by atoms with Crippen molar-refractivity contribution in [2.45, 2.75) is 24.9 Å². The van der Waals surface area contributed by atoms with Gasteiger partial charge in [0.05, 0.1) is 19.8 Å². The fourth-order valence-corrected chi connectivity index (χ4v) is 3.06. The lowest BCUT2D eigenvalue weighted by Crippen LogP contribution is -2.24. The summed E-state index contributed by atoms with van der Waals surface area (Å²) >= 11 is 2.05. The zero-order valence-electron chi connectivity index (χ0n) is 11.1. The Labute approximate surface area is 133 Å². The van der Waals surface area contributed by atoms with Crippen molar-refractivity contribution in [2.24, 2.45) is 0 Å². The molecule has 2 aromatic heterocycles. The van der Waals surface area contributed by atoms with Gasteiger partial charge in [0, 0.05) is 6.42 Å². The van der Waals surface area contributed by atoms with Crippen LogP contribution in [0.1, 0.15) is 12.6 Å². The second kappa shape index (κ2) is 5.51. The predicted molar refractivity (Wildman–Crippen MR) is 80.6 cm³/mol. The number of nitrogens with two attached hydrogens (primary N) is 1. The molecular formula is C11H14IN5O4. The molecule has 3 rings (SSSR count). The summed E-state index contributed by atoms with van der Waals surface area (Å²) in [4.78, 5) is 8.21. The maximum Gasteiger partial charge on any atom is 0.230 e. The summed E-state index contributed by atoms with van der Waals surface area (Å²) < 4.78 is 13.0. The predicted octanol–water partition coefficient (Wildman–Crippen LogP) is -0.338. The molecule has 0 unspecified atom stereocenters. The molecule has 1 aliphatic heterocycles. The van der Waals surface area contributed by atoms with Crippen LogP contribution in [0.25, 0.3) is 11.0 Å². The van der Waals surface area contributed by atoms with E-state index < -0.39 is 18.4 Å². The fourth-order valence-electron chi connectivity index (χ4n) is 2.36. The molecule has 0 aromatic carbocycles. The van der Waals surface area contributed by atoms with Crippen LogP contribution in [-0.2, 0) is 4.74 Å². The Kier molecular flexibility index (Phi) is 3.86. The first-order valence-electron chi connectivity index (χ1n) is 6.24. The first kappa shape index (κ1) is 14.7. The molecule has 0 bridgehead atoms. The van der Waals surface area contributed by atoms with E-state index in [0.717, 1.165) is 0 Å². The topological polar surface area (TPSA) is 129 Å². The van der Waals surface area contributed by atoms with Gasteiger partial charge in [-0.25, -0.2) is 4.68 Å². The summed E-state index contributed by atoms with van der Waals surface area (Å²) in [5, 5.41) is 24.0. The number of fused-ring (bicyclic) bond motifs is 1. The smallest absolute Gasteiger partial charge is 0.230 e. The van der Waals surface area contributed by atoms with Crippen molar-refractivity contribution in [2.75, 3.05) is 19.5 Å². The van der Waals surface area contributed by atoms with E-state index in [1.54, 1.807) is 0 Å². The average Bonchev–Trinajstić information content (AvgIpc) is 2.98. The van der Waals surface area contributed by atoms with Gasteiger partial charge in [-0.05, 0) is 22.6 Å².